The number of ether oxygens (including phenoxy) is 1. The lowest BCUT2D eigenvalue weighted by Gasteiger charge is -2.50. The molecule has 4 rings (SSSR count). The van der Waals surface area contributed by atoms with Gasteiger partial charge in [0.1, 0.15) is 0 Å². The third-order valence-electron chi connectivity index (χ3n) is 5.44. The van der Waals surface area contributed by atoms with Crippen molar-refractivity contribution in [3.63, 3.8) is 0 Å². The van der Waals surface area contributed by atoms with Gasteiger partial charge in [0.05, 0.1) is 39.6 Å². The molecule has 1 aliphatic heterocycles. The van der Waals surface area contributed by atoms with Crippen LogP contribution in [0.4, 0.5) is 13.2 Å². The number of imidazole rings is 1. The van der Waals surface area contributed by atoms with E-state index in [4.69, 9.17) is 27.9 Å². The number of hydrazine groups is 1. The summed E-state index contributed by atoms with van der Waals surface area (Å²) < 4.78 is 49.0. The molecule has 0 bridgehead atoms. The maximum absolute atomic E-state index is 14.3. The van der Waals surface area contributed by atoms with E-state index in [-0.39, 0.29) is 27.7 Å². The lowest BCUT2D eigenvalue weighted by atomic mass is 9.94. The van der Waals surface area contributed by atoms with Gasteiger partial charge < -0.3 is 9.30 Å². The maximum atomic E-state index is 14.3. The number of fused-ring (bicyclic) bond motifs is 1. The summed E-state index contributed by atoms with van der Waals surface area (Å²) in [5.74, 6) is -1.79. The second-order valence-corrected chi connectivity index (χ2v) is 8.18. The highest BCUT2D eigenvalue weighted by Gasteiger charge is 2.64. The Kier molecular flexibility index (Phi) is 6.12. The van der Waals surface area contributed by atoms with Crippen LogP contribution in [0, 0.1) is 0 Å². The van der Waals surface area contributed by atoms with E-state index >= 15 is 0 Å². The van der Waals surface area contributed by atoms with Crippen LogP contribution in [-0.4, -0.2) is 51.7 Å². The molecule has 0 aliphatic carbocycles. The first-order valence-corrected chi connectivity index (χ1v) is 10.5. The van der Waals surface area contributed by atoms with E-state index in [1.165, 1.54) is 24.3 Å². The summed E-state index contributed by atoms with van der Waals surface area (Å²) in [6.07, 6.45) is -6.43. The topological polar surface area (TPSA) is 76.5 Å². The lowest BCUT2D eigenvalue weighted by Crippen LogP contribution is -2.73. The fourth-order valence-corrected chi connectivity index (χ4v) is 4.65. The third-order valence-corrected chi connectivity index (χ3v) is 6.07. The molecule has 3 aromatic rings. The summed E-state index contributed by atoms with van der Waals surface area (Å²) >= 11 is 12.2. The van der Waals surface area contributed by atoms with Gasteiger partial charge >= 0.3 is 6.18 Å². The van der Waals surface area contributed by atoms with Crippen molar-refractivity contribution in [2.45, 2.75) is 24.9 Å². The van der Waals surface area contributed by atoms with Gasteiger partial charge in [0.15, 0.2) is 11.9 Å². The first kappa shape index (κ1) is 23.5. The number of rotatable bonds is 4. The molecule has 2 atom stereocenters. The SMILES string of the molecule is CC(=O)C1(n2cnc3ccccc32)C(C(F)(F)F)OCCN1NC(=O)c1c(Cl)cccc1Cl. The fraction of sp³-hybridized carbons (Fsp3) is 0.286. The number of amides is 1. The van der Waals surface area contributed by atoms with Crippen LogP contribution in [0.5, 0.6) is 0 Å². The molecule has 33 heavy (non-hydrogen) atoms. The molecule has 1 aliphatic rings. The highest BCUT2D eigenvalue weighted by molar-refractivity contribution is 6.39. The number of para-hydroxylation sites is 2. The van der Waals surface area contributed by atoms with E-state index in [9.17, 15) is 22.8 Å². The minimum absolute atomic E-state index is 0.00198. The number of nitrogens with one attached hydrogen (secondary N) is 1. The Morgan fingerprint density at radius 1 is 1.15 bits per heavy atom. The highest BCUT2D eigenvalue weighted by Crippen LogP contribution is 2.42. The van der Waals surface area contributed by atoms with Crippen molar-refractivity contribution >= 4 is 45.9 Å². The quantitative estimate of drug-likeness (QED) is 0.581. The van der Waals surface area contributed by atoms with Crippen molar-refractivity contribution in [2.24, 2.45) is 0 Å². The number of halogens is 5. The normalized spacial score (nSPS) is 21.8. The van der Waals surface area contributed by atoms with E-state index in [2.05, 4.69) is 10.4 Å². The summed E-state index contributed by atoms with van der Waals surface area (Å²) in [5.41, 5.74) is 0.385. The summed E-state index contributed by atoms with van der Waals surface area (Å²) in [5, 5.41) is 0.928. The van der Waals surface area contributed by atoms with E-state index in [1.54, 1.807) is 18.2 Å². The van der Waals surface area contributed by atoms with Gasteiger partial charge in [-0.15, -0.1) is 0 Å². The standard InChI is InChI=1S/C21H17Cl2F3N4O3/c1-12(31)20(29-11-27-15-7-2-3-8-16(15)29)19(21(24,25)26)33-10-9-30(20)28-18(32)17-13(22)5-4-6-14(17)23/h2-8,11,19H,9-10H2,1H3,(H,28,32). The van der Waals surface area contributed by atoms with Crippen molar-refractivity contribution in [3.8, 4) is 0 Å². The Morgan fingerprint density at radius 2 is 1.82 bits per heavy atom. The van der Waals surface area contributed by atoms with Crippen LogP contribution in [0.15, 0.2) is 48.8 Å². The van der Waals surface area contributed by atoms with Crippen LogP contribution in [0.2, 0.25) is 10.0 Å². The van der Waals surface area contributed by atoms with Crippen LogP contribution in [0.1, 0.15) is 17.3 Å². The Bertz CT molecular complexity index is 1210. The average Bonchev–Trinajstić information content (AvgIpc) is 3.17. The Labute approximate surface area is 196 Å². The first-order chi connectivity index (χ1) is 15.6. The van der Waals surface area contributed by atoms with Crippen LogP contribution in [-0.2, 0) is 15.2 Å². The summed E-state index contributed by atoms with van der Waals surface area (Å²) in [6, 6.07) is 10.8. The van der Waals surface area contributed by atoms with Gasteiger partial charge in [0, 0.05) is 6.54 Å². The van der Waals surface area contributed by atoms with Gasteiger partial charge in [0.2, 0.25) is 5.66 Å². The molecule has 1 N–H and O–H groups in total. The smallest absolute Gasteiger partial charge is 0.363 e. The number of benzene rings is 2. The molecule has 2 unspecified atom stereocenters. The van der Waals surface area contributed by atoms with Gasteiger partial charge in [-0.1, -0.05) is 41.4 Å². The summed E-state index contributed by atoms with van der Waals surface area (Å²) in [6.45, 7) is 0.374. The molecule has 0 saturated carbocycles. The molecule has 1 amide bonds. The van der Waals surface area contributed by atoms with Gasteiger partial charge in [-0.05, 0) is 31.2 Å². The number of aromatic nitrogens is 2. The fourth-order valence-electron chi connectivity index (χ4n) is 4.08. The molecule has 174 valence electrons. The van der Waals surface area contributed by atoms with Gasteiger partial charge in [-0.2, -0.15) is 18.2 Å². The minimum atomic E-state index is -4.96. The van der Waals surface area contributed by atoms with E-state index in [1.807, 2.05) is 0 Å². The van der Waals surface area contributed by atoms with Crippen molar-refractivity contribution in [3.05, 3.63) is 64.4 Å². The van der Waals surface area contributed by atoms with E-state index in [0.717, 1.165) is 22.8 Å². The largest absolute Gasteiger partial charge is 0.418 e. The van der Waals surface area contributed by atoms with E-state index < -0.39 is 36.2 Å². The van der Waals surface area contributed by atoms with Crippen LogP contribution in [0.25, 0.3) is 11.0 Å². The highest BCUT2D eigenvalue weighted by atomic mass is 35.5. The Morgan fingerprint density at radius 3 is 2.45 bits per heavy atom. The van der Waals surface area contributed by atoms with Crippen molar-refractivity contribution in [2.75, 3.05) is 13.2 Å². The zero-order valence-electron chi connectivity index (χ0n) is 17.1. The summed E-state index contributed by atoms with van der Waals surface area (Å²) in [7, 11) is 0. The molecule has 0 spiro atoms. The number of hydrogen-bond donors (Lipinski definition) is 1. The first-order valence-electron chi connectivity index (χ1n) is 9.73. The minimum Gasteiger partial charge on any atom is -0.363 e. The number of alkyl halides is 3. The van der Waals surface area contributed by atoms with Gasteiger partial charge in [-0.25, -0.2) is 4.98 Å². The number of carbonyl (C=O) groups is 2. The van der Waals surface area contributed by atoms with Crippen molar-refractivity contribution < 1.29 is 27.5 Å². The number of Topliss-reactive ketones (excluding diaryl/α,β-unsaturated/α-hetero) is 1. The molecule has 1 aromatic heterocycles. The second kappa shape index (κ2) is 8.60. The van der Waals surface area contributed by atoms with Gasteiger partial charge in [0.25, 0.3) is 5.91 Å². The summed E-state index contributed by atoms with van der Waals surface area (Å²) in [4.78, 5) is 30.3. The number of ketones is 1. The van der Waals surface area contributed by atoms with Crippen LogP contribution >= 0.6 is 23.2 Å². The monoisotopic (exact) mass is 500 g/mol. The molecule has 1 saturated heterocycles. The van der Waals surface area contributed by atoms with Crippen LogP contribution < -0.4 is 5.43 Å². The van der Waals surface area contributed by atoms with Gasteiger partial charge in [-0.3, -0.25) is 15.0 Å². The van der Waals surface area contributed by atoms with Crippen LogP contribution in [0.3, 0.4) is 0 Å². The Balaban J connectivity index is 1.91. The predicted octanol–water partition coefficient (Wildman–Crippen LogP) is 4.19. The number of hydrogen-bond acceptors (Lipinski definition) is 5. The second-order valence-electron chi connectivity index (χ2n) is 7.37. The van der Waals surface area contributed by atoms with E-state index in [0.29, 0.717) is 5.52 Å². The average molecular weight is 501 g/mol. The maximum Gasteiger partial charge on any atom is 0.418 e. The zero-order valence-corrected chi connectivity index (χ0v) is 18.6. The molecular formula is C21H17Cl2F3N4O3. The molecule has 2 aromatic carbocycles. The number of nitrogens with zero attached hydrogens (tertiary/aromatic N) is 3. The zero-order chi connectivity index (χ0) is 24.0. The molecule has 7 nitrogen and oxygen atoms in total. The lowest BCUT2D eigenvalue weighted by molar-refractivity contribution is -0.293. The molecular weight excluding hydrogens is 484 g/mol. The molecule has 0 radical (unpaired) electrons. The predicted molar refractivity (Wildman–Crippen MR) is 115 cm³/mol. The van der Waals surface area contributed by atoms with Crippen molar-refractivity contribution in [1.29, 1.82) is 0 Å². The Hall–Kier alpha value is -2.66. The number of morpholine rings is 1. The van der Waals surface area contributed by atoms with Crippen molar-refractivity contribution in [1.82, 2.24) is 20.0 Å². The molecule has 2 heterocycles. The third kappa shape index (κ3) is 3.86. The number of carbonyl (C=O) groups excluding carboxylic acids is 2. The molecule has 1 fully saturated rings. The molecule has 12 heteroatoms.